The summed E-state index contributed by atoms with van der Waals surface area (Å²) in [5, 5.41) is 0.665. The number of carbonyl (C=O) groups is 1. The van der Waals surface area contributed by atoms with E-state index in [4.69, 9.17) is 27.9 Å². The average Bonchev–Trinajstić information content (AvgIpc) is 2.85. The molecule has 0 bridgehead atoms. The number of halogens is 2. The van der Waals surface area contributed by atoms with Gasteiger partial charge in [-0.15, -0.1) is 0 Å². The minimum atomic E-state index is -0.212. The lowest BCUT2D eigenvalue weighted by molar-refractivity contribution is 0.103. The molecule has 0 unspecified atom stereocenters. The van der Waals surface area contributed by atoms with E-state index < -0.39 is 0 Å². The molecule has 1 aliphatic heterocycles. The van der Waals surface area contributed by atoms with Gasteiger partial charge in [-0.3, -0.25) is 4.79 Å². The number of nitrogens with zero attached hydrogens (tertiary/aromatic N) is 1. The van der Waals surface area contributed by atoms with E-state index in [0.717, 1.165) is 17.7 Å². The van der Waals surface area contributed by atoms with Crippen molar-refractivity contribution in [3.8, 4) is 5.75 Å². The monoisotopic (exact) mass is 293 g/mol. The highest BCUT2D eigenvalue weighted by Crippen LogP contribution is 2.28. The number of rotatable bonds is 2. The molecule has 0 saturated carbocycles. The number of aromatic nitrogens is 1. The fourth-order valence-electron chi connectivity index (χ4n) is 2.05. The van der Waals surface area contributed by atoms with Gasteiger partial charge in [0.15, 0.2) is 0 Å². The van der Waals surface area contributed by atoms with Crippen molar-refractivity contribution >= 4 is 29.0 Å². The van der Waals surface area contributed by atoms with Crippen molar-refractivity contribution in [1.29, 1.82) is 0 Å². The second kappa shape index (κ2) is 4.83. The Hall–Kier alpha value is -1.58. The molecule has 0 atom stereocenters. The van der Waals surface area contributed by atoms with E-state index in [2.05, 4.69) is 4.98 Å². The zero-order valence-electron chi connectivity index (χ0n) is 9.82. The largest absolute Gasteiger partial charge is 0.493 e. The minimum absolute atomic E-state index is 0.212. The predicted octanol–water partition coefficient (Wildman–Crippen LogP) is 3.55. The summed E-state index contributed by atoms with van der Waals surface area (Å²) in [6, 6.07) is 6.87. The molecule has 0 amide bonds. The van der Waals surface area contributed by atoms with Crippen molar-refractivity contribution in [3.05, 3.63) is 57.3 Å². The average molecular weight is 294 g/mol. The van der Waals surface area contributed by atoms with Crippen molar-refractivity contribution in [1.82, 2.24) is 4.98 Å². The summed E-state index contributed by atoms with van der Waals surface area (Å²) in [6.07, 6.45) is 2.23. The summed E-state index contributed by atoms with van der Waals surface area (Å²) in [7, 11) is 0. The number of hydrogen-bond donors (Lipinski definition) is 0. The lowest BCUT2D eigenvalue weighted by atomic mass is 10.0. The molecule has 19 heavy (non-hydrogen) atoms. The molecule has 1 aromatic carbocycles. The quantitative estimate of drug-likeness (QED) is 0.795. The lowest BCUT2D eigenvalue weighted by Gasteiger charge is -2.05. The molecule has 3 rings (SSSR count). The van der Waals surface area contributed by atoms with Gasteiger partial charge >= 0.3 is 0 Å². The van der Waals surface area contributed by atoms with Gasteiger partial charge in [0.05, 0.1) is 16.7 Å². The van der Waals surface area contributed by atoms with Crippen molar-refractivity contribution in [3.63, 3.8) is 0 Å². The Labute approximate surface area is 120 Å². The zero-order chi connectivity index (χ0) is 13.4. The van der Waals surface area contributed by atoms with Gasteiger partial charge in [-0.25, -0.2) is 4.98 Å². The maximum Gasteiger partial charge on any atom is 0.212 e. The number of ether oxygens (including phenoxy) is 1. The molecule has 0 spiro atoms. The Balaban J connectivity index is 2.00. The summed E-state index contributed by atoms with van der Waals surface area (Å²) in [5.74, 6) is 0.628. The Morgan fingerprint density at radius 2 is 2.11 bits per heavy atom. The molecular weight excluding hydrogens is 285 g/mol. The molecule has 2 aromatic rings. The predicted molar refractivity (Wildman–Crippen MR) is 73.3 cm³/mol. The fourth-order valence-corrected chi connectivity index (χ4v) is 2.51. The van der Waals surface area contributed by atoms with Crippen molar-refractivity contribution in [2.24, 2.45) is 0 Å². The first-order valence-electron chi connectivity index (χ1n) is 5.76. The normalized spacial score (nSPS) is 12.9. The van der Waals surface area contributed by atoms with Crippen molar-refractivity contribution in [2.75, 3.05) is 6.61 Å². The molecule has 0 radical (unpaired) electrons. The summed E-state index contributed by atoms with van der Waals surface area (Å²) in [4.78, 5) is 16.4. The summed E-state index contributed by atoms with van der Waals surface area (Å²) in [5.41, 5.74) is 1.81. The van der Waals surface area contributed by atoms with Gasteiger partial charge in [-0.05, 0) is 29.8 Å². The molecule has 96 valence electrons. The van der Waals surface area contributed by atoms with E-state index in [0.29, 0.717) is 17.2 Å². The third kappa shape index (κ3) is 2.31. The third-order valence-corrected chi connectivity index (χ3v) is 3.47. The summed E-state index contributed by atoms with van der Waals surface area (Å²) in [6.45, 7) is 0.660. The van der Waals surface area contributed by atoms with Crippen LogP contribution in [0.5, 0.6) is 5.75 Å². The summed E-state index contributed by atoms with van der Waals surface area (Å²) < 4.78 is 5.41. The van der Waals surface area contributed by atoms with Gasteiger partial charge in [0.2, 0.25) is 5.78 Å². The first kappa shape index (κ1) is 12.5. The molecule has 2 heterocycles. The van der Waals surface area contributed by atoms with E-state index in [9.17, 15) is 4.79 Å². The third-order valence-electron chi connectivity index (χ3n) is 2.97. The van der Waals surface area contributed by atoms with Gasteiger partial charge in [0, 0.05) is 18.2 Å². The molecule has 3 nitrogen and oxygen atoms in total. The Bertz CT molecular complexity index is 670. The van der Waals surface area contributed by atoms with Gasteiger partial charge in [0.1, 0.15) is 11.4 Å². The van der Waals surface area contributed by atoms with Crippen LogP contribution >= 0.6 is 23.2 Å². The van der Waals surface area contributed by atoms with Crippen LogP contribution in [0, 0.1) is 0 Å². The van der Waals surface area contributed by atoms with Crippen LogP contribution in [0.3, 0.4) is 0 Å². The zero-order valence-corrected chi connectivity index (χ0v) is 11.3. The SMILES string of the molecule is O=C(c1ccc2c(c1)CCO2)c1ncc(Cl)cc1Cl. The highest BCUT2D eigenvalue weighted by Gasteiger charge is 2.18. The van der Waals surface area contributed by atoms with Gasteiger partial charge < -0.3 is 4.74 Å². The molecule has 1 aliphatic rings. The second-order valence-corrected chi connectivity index (χ2v) is 5.08. The Kier molecular flexibility index (Phi) is 3.17. The van der Waals surface area contributed by atoms with Crippen LogP contribution in [-0.2, 0) is 6.42 Å². The van der Waals surface area contributed by atoms with Crippen LogP contribution in [0.2, 0.25) is 10.0 Å². The van der Waals surface area contributed by atoms with E-state index in [1.807, 2.05) is 6.07 Å². The number of hydrogen-bond acceptors (Lipinski definition) is 3. The maximum atomic E-state index is 12.3. The molecule has 1 aromatic heterocycles. The molecular formula is C14H9Cl2NO2. The van der Waals surface area contributed by atoms with Crippen LogP contribution in [0.4, 0.5) is 0 Å². The van der Waals surface area contributed by atoms with Crippen LogP contribution < -0.4 is 4.74 Å². The first-order chi connectivity index (χ1) is 9.15. The van der Waals surface area contributed by atoms with Crippen LogP contribution in [-0.4, -0.2) is 17.4 Å². The maximum absolute atomic E-state index is 12.3. The molecule has 5 heteroatoms. The number of benzene rings is 1. The molecule has 0 N–H and O–H groups in total. The molecule has 0 fully saturated rings. The van der Waals surface area contributed by atoms with Gasteiger partial charge in [0.25, 0.3) is 0 Å². The number of ketones is 1. The van der Waals surface area contributed by atoms with E-state index in [-0.39, 0.29) is 16.5 Å². The standard InChI is InChI=1S/C14H9Cl2NO2/c15-10-6-11(16)13(17-7-10)14(18)9-1-2-12-8(5-9)3-4-19-12/h1-2,5-7H,3-4H2. The highest BCUT2D eigenvalue weighted by molar-refractivity contribution is 6.37. The molecule has 0 saturated heterocycles. The highest BCUT2D eigenvalue weighted by atomic mass is 35.5. The van der Waals surface area contributed by atoms with E-state index in [1.165, 1.54) is 12.3 Å². The van der Waals surface area contributed by atoms with E-state index in [1.54, 1.807) is 12.1 Å². The van der Waals surface area contributed by atoms with Gasteiger partial charge in [-0.1, -0.05) is 23.2 Å². The molecule has 0 aliphatic carbocycles. The lowest BCUT2D eigenvalue weighted by Crippen LogP contribution is -2.05. The van der Waals surface area contributed by atoms with Gasteiger partial charge in [-0.2, -0.15) is 0 Å². The number of carbonyl (C=O) groups excluding carboxylic acids is 1. The smallest absolute Gasteiger partial charge is 0.212 e. The second-order valence-electron chi connectivity index (χ2n) is 4.23. The van der Waals surface area contributed by atoms with E-state index >= 15 is 0 Å². The van der Waals surface area contributed by atoms with Crippen LogP contribution in [0.1, 0.15) is 21.6 Å². The number of fused-ring (bicyclic) bond motifs is 1. The Morgan fingerprint density at radius 1 is 1.26 bits per heavy atom. The van der Waals surface area contributed by atoms with Crippen molar-refractivity contribution < 1.29 is 9.53 Å². The topological polar surface area (TPSA) is 39.2 Å². The minimum Gasteiger partial charge on any atom is -0.493 e. The van der Waals surface area contributed by atoms with Crippen molar-refractivity contribution in [2.45, 2.75) is 6.42 Å². The van der Waals surface area contributed by atoms with Crippen LogP contribution in [0.25, 0.3) is 0 Å². The Morgan fingerprint density at radius 3 is 2.89 bits per heavy atom. The summed E-state index contributed by atoms with van der Waals surface area (Å²) >= 11 is 11.8. The number of pyridine rings is 1. The first-order valence-corrected chi connectivity index (χ1v) is 6.52. The van der Waals surface area contributed by atoms with Crippen LogP contribution in [0.15, 0.2) is 30.5 Å². The fraction of sp³-hybridized carbons (Fsp3) is 0.143.